The van der Waals surface area contributed by atoms with Gasteiger partial charge in [-0.2, -0.15) is 5.26 Å². The summed E-state index contributed by atoms with van der Waals surface area (Å²) in [4.78, 5) is 0. The smallest absolute Gasteiger partial charge is 0.0709 e. The summed E-state index contributed by atoms with van der Waals surface area (Å²) in [6.07, 6.45) is 3.37. The maximum Gasteiger partial charge on any atom is 0.0709 e. The third-order valence-electron chi connectivity index (χ3n) is 2.20. The summed E-state index contributed by atoms with van der Waals surface area (Å²) < 4.78 is 5.64. The van der Waals surface area contributed by atoms with Gasteiger partial charge in [0, 0.05) is 0 Å². The van der Waals surface area contributed by atoms with Crippen molar-refractivity contribution in [3.05, 3.63) is 0 Å². The molecule has 0 spiro atoms. The molecule has 0 aliphatic carbocycles. The van der Waals surface area contributed by atoms with Crippen LogP contribution in [0.25, 0.3) is 0 Å². The first-order valence-electron chi connectivity index (χ1n) is 4.26. The van der Waals surface area contributed by atoms with E-state index in [0.717, 1.165) is 12.8 Å². The number of hydrogen-bond acceptors (Lipinski definition) is 2. The fourth-order valence-corrected chi connectivity index (χ4v) is 1.48. The van der Waals surface area contributed by atoms with Crippen LogP contribution in [0.15, 0.2) is 0 Å². The van der Waals surface area contributed by atoms with Gasteiger partial charge in [-0.15, -0.1) is 0 Å². The lowest BCUT2D eigenvalue weighted by Gasteiger charge is -2.14. The Morgan fingerprint density at radius 1 is 1.55 bits per heavy atom. The van der Waals surface area contributed by atoms with Gasteiger partial charge in [0.25, 0.3) is 0 Å². The highest BCUT2D eigenvalue weighted by molar-refractivity contribution is 4.83. The molecule has 2 heteroatoms. The van der Waals surface area contributed by atoms with Crippen LogP contribution >= 0.6 is 0 Å². The Hall–Kier alpha value is -0.550. The van der Waals surface area contributed by atoms with Crippen molar-refractivity contribution in [1.29, 1.82) is 5.26 Å². The van der Waals surface area contributed by atoms with Crippen molar-refractivity contribution >= 4 is 0 Å². The molecule has 2 atom stereocenters. The van der Waals surface area contributed by atoms with Gasteiger partial charge in [0.2, 0.25) is 0 Å². The summed E-state index contributed by atoms with van der Waals surface area (Å²) in [7, 11) is 0. The molecule has 0 N–H and O–H groups in total. The Labute approximate surface area is 68.2 Å². The molecule has 1 rings (SSSR count). The normalized spacial score (nSPS) is 30.7. The highest BCUT2D eigenvalue weighted by Gasteiger charge is 2.26. The molecule has 0 amide bonds. The molecular formula is C9H15NO. The molecule has 0 radical (unpaired) electrons. The maximum absolute atomic E-state index is 8.42. The van der Waals surface area contributed by atoms with Gasteiger partial charge >= 0.3 is 0 Å². The predicted octanol–water partition coefficient (Wildman–Crippen LogP) is 2.10. The summed E-state index contributed by atoms with van der Waals surface area (Å²) in [6, 6.07) is 2.14. The van der Waals surface area contributed by atoms with Crippen LogP contribution < -0.4 is 0 Å². The summed E-state index contributed by atoms with van der Waals surface area (Å²) in [5, 5.41) is 8.42. The average molecular weight is 153 g/mol. The third kappa shape index (κ3) is 2.20. The average Bonchev–Trinajstić information content (AvgIpc) is 2.37. The molecule has 11 heavy (non-hydrogen) atoms. The lowest BCUT2D eigenvalue weighted by molar-refractivity contribution is 0.0221. The highest BCUT2D eigenvalue weighted by Crippen LogP contribution is 2.26. The number of nitrogens with zero attached hydrogens (tertiary/aromatic N) is 1. The minimum Gasteiger partial charge on any atom is -0.374 e. The fourth-order valence-electron chi connectivity index (χ4n) is 1.48. The third-order valence-corrected chi connectivity index (χ3v) is 2.20. The maximum atomic E-state index is 8.42. The fraction of sp³-hybridized carbons (Fsp3) is 0.889. The van der Waals surface area contributed by atoms with Crippen LogP contribution in [0.3, 0.4) is 0 Å². The van der Waals surface area contributed by atoms with Crippen LogP contribution in [0, 0.1) is 17.2 Å². The first-order chi connectivity index (χ1) is 5.24. The molecule has 1 heterocycles. The predicted molar refractivity (Wildman–Crippen MR) is 43.0 cm³/mol. The standard InChI is InChI=1S/C9H15NO/c1-7(2)9-4-3-8(11-9)5-6-10/h7-9H,3-5H2,1-2H3/t8-,9-/m0/s1. The lowest BCUT2D eigenvalue weighted by Crippen LogP contribution is -2.16. The quantitative estimate of drug-likeness (QED) is 0.608. The molecule has 1 saturated heterocycles. The number of hydrogen-bond donors (Lipinski definition) is 0. The molecule has 2 nitrogen and oxygen atoms in total. The minimum atomic E-state index is 0.215. The first kappa shape index (κ1) is 8.55. The zero-order valence-corrected chi connectivity index (χ0v) is 7.21. The second-order valence-corrected chi connectivity index (χ2v) is 3.48. The van der Waals surface area contributed by atoms with E-state index in [-0.39, 0.29) is 6.10 Å². The van der Waals surface area contributed by atoms with Crippen molar-refractivity contribution in [2.75, 3.05) is 0 Å². The number of ether oxygens (including phenoxy) is 1. The number of rotatable bonds is 2. The van der Waals surface area contributed by atoms with E-state index in [1.807, 2.05) is 0 Å². The van der Waals surface area contributed by atoms with E-state index in [9.17, 15) is 0 Å². The van der Waals surface area contributed by atoms with E-state index in [0.29, 0.717) is 18.4 Å². The van der Waals surface area contributed by atoms with E-state index in [2.05, 4.69) is 19.9 Å². The Kier molecular flexibility index (Phi) is 2.90. The van der Waals surface area contributed by atoms with Gasteiger partial charge < -0.3 is 4.74 Å². The second-order valence-electron chi connectivity index (χ2n) is 3.48. The lowest BCUT2D eigenvalue weighted by atomic mass is 10.0. The van der Waals surface area contributed by atoms with Crippen LogP contribution in [0.1, 0.15) is 33.1 Å². The molecule has 1 aliphatic rings. The molecule has 0 bridgehead atoms. The SMILES string of the molecule is CC(C)[C@@H]1CC[C@@H](CC#N)O1. The van der Waals surface area contributed by atoms with Crippen LogP contribution in [0.2, 0.25) is 0 Å². The summed E-state index contributed by atoms with van der Waals surface area (Å²) >= 11 is 0. The molecular weight excluding hydrogens is 138 g/mol. The van der Waals surface area contributed by atoms with Crippen molar-refractivity contribution in [2.24, 2.45) is 5.92 Å². The van der Waals surface area contributed by atoms with Gasteiger partial charge in [0.05, 0.1) is 24.7 Å². The van der Waals surface area contributed by atoms with E-state index < -0.39 is 0 Å². The van der Waals surface area contributed by atoms with E-state index in [1.165, 1.54) is 0 Å². The van der Waals surface area contributed by atoms with Gasteiger partial charge in [-0.1, -0.05) is 13.8 Å². The molecule has 1 aliphatic heterocycles. The van der Waals surface area contributed by atoms with Crippen molar-refractivity contribution < 1.29 is 4.74 Å². The van der Waals surface area contributed by atoms with Gasteiger partial charge in [-0.3, -0.25) is 0 Å². The second kappa shape index (κ2) is 3.73. The van der Waals surface area contributed by atoms with Crippen LogP contribution in [0.4, 0.5) is 0 Å². The van der Waals surface area contributed by atoms with Crippen molar-refractivity contribution in [1.82, 2.24) is 0 Å². The molecule has 0 unspecified atom stereocenters. The van der Waals surface area contributed by atoms with E-state index in [1.54, 1.807) is 0 Å². The van der Waals surface area contributed by atoms with Crippen LogP contribution in [0.5, 0.6) is 0 Å². The van der Waals surface area contributed by atoms with Gasteiger partial charge in [0.1, 0.15) is 0 Å². The van der Waals surface area contributed by atoms with Crippen molar-refractivity contribution in [3.8, 4) is 6.07 Å². The van der Waals surface area contributed by atoms with Crippen LogP contribution in [-0.2, 0) is 4.74 Å². The molecule has 0 aromatic carbocycles. The van der Waals surface area contributed by atoms with Gasteiger partial charge in [0.15, 0.2) is 0 Å². The molecule has 0 saturated carbocycles. The summed E-state index contributed by atoms with van der Waals surface area (Å²) in [5.41, 5.74) is 0. The van der Waals surface area contributed by atoms with Gasteiger partial charge in [-0.25, -0.2) is 0 Å². The highest BCUT2D eigenvalue weighted by atomic mass is 16.5. The first-order valence-corrected chi connectivity index (χ1v) is 4.26. The zero-order valence-electron chi connectivity index (χ0n) is 7.21. The Bertz CT molecular complexity index is 159. The van der Waals surface area contributed by atoms with Crippen LogP contribution in [-0.4, -0.2) is 12.2 Å². The molecule has 62 valence electrons. The molecule has 1 fully saturated rings. The number of nitriles is 1. The monoisotopic (exact) mass is 153 g/mol. The topological polar surface area (TPSA) is 33.0 Å². The summed E-state index contributed by atoms with van der Waals surface area (Å²) in [5.74, 6) is 0.596. The molecule has 0 aromatic heterocycles. The van der Waals surface area contributed by atoms with Crippen molar-refractivity contribution in [2.45, 2.75) is 45.3 Å². The largest absolute Gasteiger partial charge is 0.374 e. The van der Waals surface area contributed by atoms with E-state index in [4.69, 9.17) is 10.00 Å². The minimum absolute atomic E-state index is 0.215. The van der Waals surface area contributed by atoms with Gasteiger partial charge in [-0.05, 0) is 18.8 Å². The Balaban J connectivity index is 2.30. The van der Waals surface area contributed by atoms with Crippen molar-refractivity contribution in [3.63, 3.8) is 0 Å². The molecule has 0 aromatic rings. The Morgan fingerprint density at radius 2 is 2.27 bits per heavy atom. The Morgan fingerprint density at radius 3 is 2.73 bits per heavy atom. The van der Waals surface area contributed by atoms with E-state index >= 15 is 0 Å². The summed E-state index contributed by atoms with van der Waals surface area (Å²) in [6.45, 7) is 4.33. The zero-order chi connectivity index (χ0) is 8.27.